The van der Waals surface area contributed by atoms with Crippen molar-refractivity contribution in [2.24, 2.45) is 28.5 Å². The summed E-state index contributed by atoms with van der Waals surface area (Å²) in [7, 11) is 1.34. The van der Waals surface area contributed by atoms with Gasteiger partial charge >= 0.3 is 5.97 Å². The summed E-state index contributed by atoms with van der Waals surface area (Å²) in [4.78, 5) is 69.2. The Kier molecular flexibility index (Phi) is 15.0. The number of unbranched alkanes of at least 4 members (excludes halogenated alkanes) is 1. The average Bonchev–Trinajstić information content (AvgIpc) is 3.13. The third kappa shape index (κ3) is 11.6. The Morgan fingerprint density at radius 3 is 1.85 bits per heavy atom. The van der Waals surface area contributed by atoms with Crippen LogP contribution in [-0.2, 0) is 41.6 Å². The molecule has 9 N–H and O–H groups in total. The first-order valence-electron chi connectivity index (χ1n) is 18.9. The second-order valence-corrected chi connectivity index (χ2v) is 15.4. The molecule has 2 aliphatic rings. The second-order valence-electron chi connectivity index (χ2n) is 15.4. The van der Waals surface area contributed by atoms with Crippen molar-refractivity contribution in [2.75, 3.05) is 26.7 Å². The second kappa shape index (κ2) is 19.1. The third-order valence-electron chi connectivity index (χ3n) is 10.6. The number of methoxy groups -OCH3 is 1. The van der Waals surface area contributed by atoms with E-state index >= 15 is 0 Å². The lowest BCUT2D eigenvalue weighted by atomic mass is 9.54. The zero-order valence-corrected chi connectivity index (χ0v) is 31.5. The molecule has 1 heterocycles. The third-order valence-corrected chi connectivity index (χ3v) is 10.6. The van der Waals surface area contributed by atoms with E-state index in [1.54, 1.807) is 4.90 Å². The number of nitrogens with two attached hydrogens (primary N) is 3. The molecule has 13 nitrogen and oxygen atoms in total. The minimum atomic E-state index is -1.00. The monoisotopic (exact) mass is 733 g/mol. The number of carbonyl (C=O) groups excluding carboxylic acids is 5. The molecular weight excluding hydrogens is 674 g/mol. The Morgan fingerprint density at radius 1 is 0.774 bits per heavy atom. The van der Waals surface area contributed by atoms with E-state index in [1.807, 2.05) is 74.5 Å². The minimum Gasteiger partial charge on any atom is -0.468 e. The molecule has 1 spiro atoms. The summed E-state index contributed by atoms with van der Waals surface area (Å²) in [6, 6.07) is 15.0. The number of hydrogen-bond donors (Lipinski definition) is 6. The summed E-state index contributed by atoms with van der Waals surface area (Å²) < 4.78 is 4.89. The van der Waals surface area contributed by atoms with E-state index in [0.717, 1.165) is 11.1 Å². The highest BCUT2D eigenvalue weighted by molar-refractivity contribution is 5.95. The van der Waals surface area contributed by atoms with E-state index in [2.05, 4.69) is 16.0 Å². The Labute approximate surface area is 313 Å². The number of likely N-dealkylation sites (tertiary alicyclic amines) is 1. The molecule has 4 rings (SSSR count). The number of amides is 4. The zero-order valence-electron chi connectivity index (χ0n) is 31.5. The van der Waals surface area contributed by atoms with Crippen LogP contribution >= 0.6 is 0 Å². The molecule has 1 aliphatic heterocycles. The molecule has 2 aromatic carbocycles. The van der Waals surface area contributed by atoms with Crippen molar-refractivity contribution in [2.45, 2.75) is 108 Å². The highest BCUT2D eigenvalue weighted by atomic mass is 16.5. The molecule has 1 saturated carbocycles. The van der Waals surface area contributed by atoms with Crippen LogP contribution in [-0.4, -0.2) is 90.9 Å². The number of hydrogen-bond acceptors (Lipinski definition) is 9. The molecule has 290 valence electrons. The van der Waals surface area contributed by atoms with Gasteiger partial charge in [-0.1, -0.05) is 74.5 Å². The van der Waals surface area contributed by atoms with Gasteiger partial charge in [-0.25, -0.2) is 0 Å². The Morgan fingerprint density at radius 2 is 1.30 bits per heavy atom. The lowest BCUT2D eigenvalue weighted by Gasteiger charge is -2.56. The van der Waals surface area contributed by atoms with Gasteiger partial charge in [0.25, 0.3) is 0 Å². The summed E-state index contributed by atoms with van der Waals surface area (Å²) >= 11 is 0. The molecule has 4 atom stereocenters. The number of piperidine rings is 1. The van der Waals surface area contributed by atoms with Crippen LogP contribution in [0.4, 0.5) is 0 Å². The van der Waals surface area contributed by atoms with Gasteiger partial charge in [0, 0.05) is 19.5 Å². The molecule has 53 heavy (non-hydrogen) atoms. The predicted molar refractivity (Wildman–Crippen MR) is 203 cm³/mol. The van der Waals surface area contributed by atoms with Crippen LogP contribution in [0.1, 0.15) is 76.3 Å². The van der Waals surface area contributed by atoms with Crippen molar-refractivity contribution in [1.82, 2.24) is 20.9 Å². The Bertz CT molecular complexity index is 1520. The minimum absolute atomic E-state index is 0.0271. The van der Waals surface area contributed by atoms with Crippen molar-refractivity contribution in [3.63, 3.8) is 0 Å². The molecule has 4 amide bonds. The van der Waals surface area contributed by atoms with Gasteiger partial charge in [-0.05, 0) is 86.8 Å². The van der Waals surface area contributed by atoms with Crippen LogP contribution < -0.4 is 33.2 Å². The van der Waals surface area contributed by atoms with Crippen molar-refractivity contribution < 1.29 is 28.7 Å². The van der Waals surface area contributed by atoms with Crippen molar-refractivity contribution in [1.29, 1.82) is 0 Å². The number of ether oxygens (including phenoxy) is 1. The smallest absolute Gasteiger partial charge is 0.325 e. The average molecular weight is 734 g/mol. The summed E-state index contributed by atoms with van der Waals surface area (Å²) in [5, 5.41) is 8.71. The van der Waals surface area contributed by atoms with E-state index in [9.17, 15) is 24.0 Å². The van der Waals surface area contributed by atoms with Crippen LogP contribution in [0.5, 0.6) is 0 Å². The number of nitrogens with one attached hydrogen (secondary N) is 3. The molecule has 1 saturated heterocycles. The molecule has 13 heteroatoms. The molecule has 2 aromatic rings. The predicted octanol–water partition coefficient (Wildman–Crippen LogP) is 1.70. The van der Waals surface area contributed by atoms with E-state index in [1.165, 1.54) is 7.11 Å². The van der Waals surface area contributed by atoms with E-state index in [-0.39, 0.29) is 23.7 Å². The molecule has 2 fully saturated rings. The van der Waals surface area contributed by atoms with Crippen LogP contribution in [0.25, 0.3) is 0 Å². The maximum atomic E-state index is 14.0. The van der Waals surface area contributed by atoms with Gasteiger partial charge in [0.1, 0.15) is 23.7 Å². The topological polar surface area (TPSA) is 212 Å². The van der Waals surface area contributed by atoms with Crippen LogP contribution in [0, 0.1) is 11.3 Å². The molecule has 0 radical (unpaired) electrons. The Balaban J connectivity index is 1.44. The van der Waals surface area contributed by atoms with Crippen molar-refractivity contribution in [3.8, 4) is 0 Å². The zero-order chi connectivity index (χ0) is 38.6. The van der Waals surface area contributed by atoms with Gasteiger partial charge in [0.2, 0.25) is 23.6 Å². The van der Waals surface area contributed by atoms with Gasteiger partial charge in [-0.3, -0.25) is 24.0 Å². The van der Waals surface area contributed by atoms with Gasteiger partial charge in [0.15, 0.2) is 0 Å². The fourth-order valence-electron chi connectivity index (χ4n) is 7.71. The van der Waals surface area contributed by atoms with E-state index < -0.39 is 53.4 Å². The summed E-state index contributed by atoms with van der Waals surface area (Å²) in [6.45, 7) is 5.32. The van der Waals surface area contributed by atoms with Crippen LogP contribution in [0.15, 0.2) is 60.7 Å². The van der Waals surface area contributed by atoms with Gasteiger partial charge in [0.05, 0.1) is 13.2 Å². The summed E-state index contributed by atoms with van der Waals surface area (Å²) in [5.74, 6) is -2.04. The fourth-order valence-corrected chi connectivity index (χ4v) is 7.71. The number of esters is 1. The van der Waals surface area contributed by atoms with Crippen LogP contribution in [0.3, 0.4) is 0 Å². The first-order valence-corrected chi connectivity index (χ1v) is 18.9. The standard InChI is InChI=1S/C40H59N7O6/c1-27(2)22-32(46-36(50)33(24-29-14-8-5-9-15-29)45-34(48)30(42)23-28-12-6-4-7-13-28)35(49)44-31(16-10-11-19-41)37(51)47-20-17-39(18-21-47)25-40(43,26-39)38(52)53-3/h4-9,12-15,27,30-33H,10-11,16-26,41-43H2,1-3H3,(H,44,49)(H,45,48)(H,46,50). The lowest BCUT2D eigenvalue weighted by Crippen LogP contribution is -2.66. The summed E-state index contributed by atoms with van der Waals surface area (Å²) in [6.07, 6.45) is 4.96. The highest BCUT2D eigenvalue weighted by Crippen LogP contribution is 2.54. The highest BCUT2D eigenvalue weighted by Gasteiger charge is 2.58. The van der Waals surface area contributed by atoms with Crippen LogP contribution in [0.2, 0.25) is 0 Å². The first-order chi connectivity index (χ1) is 25.3. The lowest BCUT2D eigenvalue weighted by molar-refractivity contribution is -0.161. The van der Waals surface area contributed by atoms with Gasteiger partial charge in [-0.15, -0.1) is 0 Å². The van der Waals surface area contributed by atoms with Crippen molar-refractivity contribution >= 4 is 29.6 Å². The number of benzene rings is 2. The van der Waals surface area contributed by atoms with E-state index in [4.69, 9.17) is 21.9 Å². The van der Waals surface area contributed by atoms with E-state index in [0.29, 0.717) is 77.4 Å². The molecule has 1 aliphatic carbocycles. The SMILES string of the molecule is COC(=O)C1(N)CC2(CCN(C(=O)C(CCCCN)NC(=O)C(CC(C)C)NC(=O)C(Cc3ccccc3)NC(=O)C(N)Cc3ccccc3)CC2)C1. The maximum absolute atomic E-state index is 14.0. The van der Waals surface area contributed by atoms with Crippen molar-refractivity contribution in [3.05, 3.63) is 71.8 Å². The fraction of sp³-hybridized carbons (Fsp3) is 0.575. The number of rotatable bonds is 18. The van der Waals surface area contributed by atoms with Gasteiger partial charge < -0.3 is 42.8 Å². The normalized spacial score (nSPS) is 18.2. The quantitative estimate of drug-likeness (QED) is 0.0971. The Hall–Kier alpha value is -4.33. The molecule has 0 bridgehead atoms. The van der Waals surface area contributed by atoms with Gasteiger partial charge in [-0.2, -0.15) is 0 Å². The maximum Gasteiger partial charge on any atom is 0.325 e. The first kappa shape index (κ1) is 41.4. The molecule has 0 aromatic heterocycles. The molecule has 4 unspecified atom stereocenters. The number of nitrogens with zero attached hydrogens (tertiary/aromatic N) is 1. The molecular formula is C40H59N7O6. The summed E-state index contributed by atoms with van der Waals surface area (Å²) in [5.41, 5.74) is 19.0. The largest absolute Gasteiger partial charge is 0.468 e. The number of carbonyl (C=O) groups is 5.